The molecular formula is C20H20N2O6S. The topological polar surface area (TPSA) is 99.0 Å². The normalized spacial score (nSPS) is 21.8. The van der Waals surface area contributed by atoms with Crippen LogP contribution in [0.25, 0.3) is 5.57 Å². The number of hydrogen-bond donors (Lipinski definition) is 0. The summed E-state index contributed by atoms with van der Waals surface area (Å²) in [7, 11) is -2.92. The third kappa shape index (κ3) is 3.36. The van der Waals surface area contributed by atoms with Gasteiger partial charge in [-0.05, 0) is 31.9 Å². The first kappa shape index (κ1) is 19.4. The molecule has 1 spiro atoms. The van der Waals surface area contributed by atoms with Crippen LogP contribution >= 0.6 is 10.6 Å². The van der Waals surface area contributed by atoms with Gasteiger partial charge in [0.1, 0.15) is 0 Å². The van der Waals surface area contributed by atoms with Gasteiger partial charge in [-0.2, -0.15) is 0 Å². The van der Waals surface area contributed by atoms with Crippen LogP contribution in [-0.4, -0.2) is 40.9 Å². The van der Waals surface area contributed by atoms with E-state index in [1.165, 1.54) is 12.1 Å². The predicted octanol–water partition coefficient (Wildman–Crippen LogP) is 3.64. The molecule has 0 N–H and O–H groups in total. The minimum Gasteiger partial charge on any atom is -0.332 e. The van der Waals surface area contributed by atoms with E-state index in [0.29, 0.717) is 35.0 Å². The molecule has 0 amide bonds. The van der Waals surface area contributed by atoms with Gasteiger partial charge in [-0.3, -0.25) is 15.0 Å². The van der Waals surface area contributed by atoms with Gasteiger partial charge in [0.15, 0.2) is 0 Å². The fourth-order valence-corrected chi connectivity index (χ4v) is 6.07. The first-order valence-electron chi connectivity index (χ1n) is 9.22. The molecule has 0 unspecified atom stereocenters. The smallest absolute Gasteiger partial charge is 0.332 e. The van der Waals surface area contributed by atoms with E-state index in [0.717, 1.165) is 24.3 Å². The highest BCUT2D eigenvalue weighted by Gasteiger charge is 2.43. The Morgan fingerprint density at radius 1 is 1.17 bits per heavy atom. The Kier molecular flexibility index (Phi) is 4.79. The molecule has 152 valence electrons. The van der Waals surface area contributed by atoms with Crippen LogP contribution in [0.4, 0.5) is 5.69 Å². The van der Waals surface area contributed by atoms with Crippen LogP contribution in [0.15, 0.2) is 52.3 Å². The summed E-state index contributed by atoms with van der Waals surface area (Å²) in [4.78, 5) is 38.1. The van der Waals surface area contributed by atoms with Crippen LogP contribution in [0.2, 0.25) is 0 Å². The second-order valence-corrected chi connectivity index (χ2v) is 9.29. The van der Waals surface area contributed by atoms with E-state index >= 15 is 0 Å². The van der Waals surface area contributed by atoms with Crippen molar-refractivity contribution in [3.05, 3.63) is 63.1 Å². The summed E-state index contributed by atoms with van der Waals surface area (Å²) >= 11 is 0. The third-order valence-electron chi connectivity index (χ3n) is 5.13. The zero-order valence-electron chi connectivity index (χ0n) is 16.0. The summed E-state index contributed by atoms with van der Waals surface area (Å²) in [6, 6.07) is 4.93. The minimum atomic E-state index is -2.92. The number of nitro groups is 1. The monoisotopic (exact) mass is 416 g/mol. The summed E-state index contributed by atoms with van der Waals surface area (Å²) in [6.45, 7) is 5.75. The fraction of sp³-hybridized carbons (Fsp3) is 0.300. The highest BCUT2D eigenvalue weighted by Crippen LogP contribution is 2.69. The second kappa shape index (κ2) is 7.16. The largest absolute Gasteiger partial charge is 0.354 e. The van der Waals surface area contributed by atoms with E-state index < -0.39 is 27.5 Å². The number of allylic oxidation sites excluding steroid dienone is 1. The molecule has 0 aromatic heterocycles. The Balaban J connectivity index is 1.87. The highest BCUT2D eigenvalue weighted by atomic mass is 32.3. The van der Waals surface area contributed by atoms with Crippen molar-refractivity contribution in [2.24, 2.45) is 0 Å². The molecule has 1 aromatic rings. The number of benzene rings is 1. The molecule has 8 nitrogen and oxygen atoms in total. The Bertz CT molecular complexity index is 990. The number of rotatable bonds is 3. The van der Waals surface area contributed by atoms with E-state index in [4.69, 9.17) is 8.37 Å². The molecule has 3 heterocycles. The van der Waals surface area contributed by atoms with Gasteiger partial charge < -0.3 is 8.37 Å². The highest BCUT2D eigenvalue weighted by molar-refractivity contribution is 8.29. The van der Waals surface area contributed by atoms with Gasteiger partial charge >= 0.3 is 11.9 Å². The minimum absolute atomic E-state index is 0.102. The fourth-order valence-electron chi connectivity index (χ4n) is 3.68. The molecule has 4 rings (SSSR count). The molecule has 9 heteroatoms. The van der Waals surface area contributed by atoms with E-state index in [-0.39, 0.29) is 5.69 Å². The molecule has 0 aliphatic carbocycles. The van der Waals surface area contributed by atoms with E-state index in [2.05, 4.69) is 18.7 Å². The lowest BCUT2D eigenvalue weighted by Crippen LogP contribution is -2.34. The van der Waals surface area contributed by atoms with Crippen molar-refractivity contribution in [2.75, 3.05) is 13.1 Å². The Hall–Kier alpha value is -2.91. The maximum Gasteiger partial charge on any atom is 0.354 e. The number of carbonyl (C=O) groups is 2. The van der Waals surface area contributed by atoms with Crippen LogP contribution in [-0.2, 0) is 18.0 Å². The van der Waals surface area contributed by atoms with Gasteiger partial charge in [0.2, 0.25) is 0 Å². The summed E-state index contributed by atoms with van der Waals surface area (Å²) in [5.74, 6) is -1.44. The molecule has 3 aliphatic heterocycles. The van der Waals surface area contributed by atoms with Gasteiger partial charge in [0, 0.05) is 42.9 Å². The second-order valence-electron chi connectivity index (χ2n) is 7.19. The average Bonchev–Trinajstić information content (AvgIpc) is 2.91. The van der Waals surface area contributed by atoms with Gasteiger partial charge in [-0.25, -0.2) is 9.59 Å². The lowest BCUT2D eigenvalue weighted by Gasteiger charge is -2.34. The third-order valence-corrected chi connectivity index (χ3v) is 7.46. The number of hydrogen-bond acceptors (Lipinski definition) is 7. The van der Waals surface area contributed by atoms with Crippen molar-refractivity contribution < 1.29 is 22.9 Å². The Labute approximate surface area is 169 Å². The molecule has 0 radical (unpaired) electrons. The molecule has 0 fully saturated rings. The quantitative estimate of drug-likeness (QED) is 0.548. The maximum atomic E-state index is 12.1. The SMILES string of the molecule is CC(C)N1CC=C(C2=CS3(OC(=O)C=CC(=O)O3)c3cccc([N+](=O)[O-])c32)CC1. The summed E-state index contributed by atoms with van der Waals surface area (Å²) < 4.78 is 11.1. The van der Waals surface area contributed by atoms with Crippen molar-refractivity contribution in [2.45, 2.75) is 31.2 Å². The van der Waals surface area contributed by atoms with Crippen molar-refractivity contribution >= 4 is 33.8 Å². The van der Waals surface area contributed by atoms with E-state index in [1.54, 1.807) is 11.5 Å². The lowest BCUT2D eigenvalue weighted by atomic mass is 9.93. The standard InChI is InChI=1S/C20H20N2O6S/c1-13(2)21-10-8-14(9-11-21)15-12-29(27-18(23)6-7-19(24)28-29)17-5-3-4-16(20(15)17)22(25)26/h3-8,12-13H,9-11H2,1-2H3. The van der Waals surface area contributed by atoms with Crippen LogP contribution in [0, 0.1) is 10.1 Å². The zero-order valence-corrected chi connectivity index (χ0v) is 16.8. The molecule has 0 atom stereocenters. The van der Waals surface area contributed by atoms with Crippen LogP contribution in [0.3, 0.4) is 0 Å². The van der Waals surface area contributed by atoms with Crippen LogP contribution in [0.5, 0.6) is 0 Å². The molecule has 0 saturated carbocycles. The molecule has 3 aliphatic rings. The summed E-state index contributed by atoms with van der Waals surface area (Å²) in [5, 5.41) is 13.3. The van der Waals surface area contributed by atoms with Gasteiger partial charge in [0.25, 0.3) is 5.69 Å². The van der Waals surface area contributed by atoms with Crippen molar-refractivity contribution in [1.82, 2.24) is 4.90 Å². The molecule has 0 saturated heterocycles. The first-order valence-corrected chi connectivity index (χ1v) is 10.8. The summed E-state index contributed by atoms with van der Waals surface area (Å²) in [6.07, 6.45) is 4.73. The molecule has 29 heavy (non-hydrogen) atoms. The Morgan fingerprint density at radius 3 is 2.41 bits per heavy atom. The predicted molar refractivity (Wildman–Crippen MR) is 108 cm³/mol. The maximum absolute atomic E-state index is 12.1. The van der Waals surface area contributed by atoms with E-state index in [1.807, 2.05) is 6.08 Å². The molecular weight excluding hydrogens is 396 g/mol. The Morgan fingerprint density at radius 2 is 1.86 bits per heavy atom. The van der Waals surface area contributed by atoms with Gasteiger partial charge in [0.05, 0.1) is 20.8 Å². The van der Waals surface area contributed by atoms with Crippen molar-refractivity contribution in [3.8, 4) is 0 Å². The number of carbonyl (C=O) groups excluding carboxylic acids is 2. The molecule has 0 bridgehead atoms. The number of nitrogens with zero attached hydrogens (tertiary/aromatic N) is 2. The number of nitro benzene ring substituents is 1. The van der Waals surface area contributed by atoms with Crippen LogP contribution < -0.4 is 0 Å². The summed E-state index contributed by atoms with van der Waals surface area (Å²) in [5.41, 5.74) is 1.79. The van der Waals surface area contributed by atoms with Gasteiger partial charge in [-0.1, -0.05) is 22.7 Å². The number of fused-ring (bicyclic) bond motifs is 2. The lowest BCUT2D eigenvalue weighted by molar-refractivity contribution is -0.385. The van der Waals surface area contributed by atoms with Crippen molar-refractivity contribution in [1.29, 1.82) is 0 Å². The average molecular weight is 416 g/mol. The molecule has 1 aromatic carbocycles. The van der Waals surface area contributed by atoms with Gasteiger partial charge in [-0.15, -0.1) is 0 Å². The zero-order chi connectivity index (χ0) is 20.8. The first-order chi connectivity index (χ1) is 13.8. The van der Waals surface area contributed by atoms with Crippen LogP contribution in [0.1, 0.15) is 25.8 Å². The van der Waals surface area contributed by atoms with E-state index in [9.17, 15) is 19.7 Å². The van der Waals surface area contributed by atoms with Crippen molar-refractivity contribution in [3.63, 3.8) is 0 Å².